The van der Waals surface area contributed by atoms with Crippen LogP contribution in [0.4, 0.5) is 14.5 Å². The van der Waals surface area contributed by atoms with E-state index in [0.29, 0.717) is 12.1 Å². The number of nitrogens with zero attached hydrogens (tertiary/aromatic N) is 1. The second-order valence-corrected chi connectivity index (χ2v) is 8.12. The molecule has 1 saturated carbocycles. The fourth-order valence-electron chi connectivity index (χ4n) is 4.71. The van der Waals surface area contributed by atoms with E-state index in [-0.39, 0.29) is 36.1 Å². The van der Waals surface area contributed by atoms with Crippen molar-refractivity contribution in [2.45, 2.75) is 63.8 Å². The van der Waals surface area contributed by atoms with Gasteiger partial charge in [0.05, 0.1) is 0 Å². The summed E-state index contributed by atoms with van der Waals surface area (Å²) in [7, 11) is 0. The number of alkyl halides is 2. The maximum atomic E-state index is 12.8. The first-order valence-corrected chi connectivity index (χ1v) is 9.45. The molecule has 0 unspecified atom stereocenters. The van der Waals surface area contributed by atoms with Crippen molar-refractivity contribution in [2.24, 2.45) is 0 Å². The van der Waals surface area contributed by atoms with Crippen LogP contribution in [0.15, 0.2) is 36.4 Å². The van der Waals surface area contributed by atoms with Gasteiger partial charge in [-0.25, -0.2) is 0 Å². The zero-order valence-electron chi connectivity index (χ0n) is 16.2. The van der Waals surface area contributed by atoms with Crippen LogP contribution in [0.1, 0.15) is 39.5 Å². The summed E-state index contributed by atoms with van der Waals surface area (Å²) in [6.45, 7) is 2.56. The summed E-state index contributed by atoms with van der Waals surface area (Å²) in [6.07, 6.45) is 4.86. The molecular weight excluding hydrogens is 405 g/mol. The largest absolute Gasteiger partial charge is 0.434 e. The number of nitrogens with one attached hydrogen (secondary N) is 1. The SMILES string of the molecule is CC1(C)CN(c2ccc(OC(F)F)c3ccccc23)[C@H]2CCCC[C@@H]2N1.Cl.Cl. The van der Waals surface area contributed by atoms with Crippen LogP contribution >= 0.6 is 24.8 Å². The molecule has 1 aliphatic heterocycles. The number of ether oxygens (including phenoxy) is 1. The molecule has 1 N–H and O–H groups in total. The van der Waals surface area contributed by atoms with Crippen molar-refractivity contribution in [1.82, 2.24) is 5.32 Å². The Balaban J connectivity index is 0.00000140. The van der Waals surface area contributed by atoms with E-state index in [0.717, 1.165) is 29.4 Å². The highest BCUT2D eigenvalue weighted by Gasteiger charge is 2.40. The molecule has 3 nitrogen and oxygen atoms in total. The number of anilines is 1. The Morgan fingerprint density at radius 3 is 2.43 bits per heavy atom. The summed E-state index contributed by atoms with van der Waals surface area (Å²) in [5, 5.41) is 5.54. The smallest absolute Gasteiger partial charge is 0.387 e. The Hall–Kier alpha value is -1.30. The minimum Gasteiger partial charge on any atom is -0.434 e. The summed E-state index contributed by atoms with van der Waals surface area (Å²) < 4.78 is 30.3. The monoisotopic (exact) mass is 432 g/mol. The first-order chi connectivity index (χ1) is 12.4. The Morgan fingerprint density at radius 1 is 1.04 bits per heavy atom. The van der Waals surface area contributed by atoms with Crippen LogP contribution in [-0.2, 0) is 0 Å². The van der Waals surface area contributed by atoms with E-state index in [1.807, 2.05) is 30.3 Å². The third-order valence-corrected chi connectivity index (χ3v) is 5.66. The van der Waals surface area contributed by atoms with Crippen LogP contribution in [0.2, 0.25) is 0 Å². The molecule has 0 spiro atoms. The van der Waals surface area contributed by atoms with Gasteiger partial charge in [-0.05, 0) is 38.8 Å². The number of piperazine rings is 1. The topological polar surface area (TPSA) is 24.5 Å². The van der Waals surface area contributed by atoms with Crippen molar-refractivity contribution in [3.05, 3.63) is 36.4 Å². The van der Waals surface area contributed by atoms with Gasteiger partial charge >= 0.3 is 6.61 Å². The van der Waals surface area contributed by atoms with Crippen LogP contribution < -0.4 is 15.0 Å². The molecule has 1 saturated heterocycles. The average molecular weight is 433 g/mol. The van der Waals surface area contributed by atoms with Gasteiger partial charge in [-0.1, -0.05) is 37.1 Å². The molecule has 0 amide bonds. The standard InChI is InChI=1S/C21H26F2N2O.2ClH/c1-21(2)13-25(18-10-6-5-9-16(18)24-21)17-11-12-19(26-20(22)23)15-8-4-3-7-14(15)17;;/h3-4,7-8,11-12,16,18,20,24H,5-6,9-10,13H2,1-2H3;2*1H/t16-,18-;;/m0../s1. The van der Waals surface area contributed by atoms with Crippen LogP contribution in [0, 0.1) is 0 Å². The second-order valence-electron chi connectivity index (χ2n) is 8.12. The number of halogens is 4. The van der Waals surface area contributed by atoms with Gasteiger partial charge in [0, 0.05) is 40.6 Å². The van der Waals surface area contributed by atoms with Crippen LogP contribution in [0.25, 0.3) is 10.8 Å². The third kappa shape index (κ3) is 4.47. The summed E-state index contributed by atoms with van der Waals surface area (Å²) in [5.74, 6) is 0.244. The van der Waals surface area contributed by atoms with Gasteiger partial charge in [0.15, 0.2) is 0 Å². The highest BCUT2D eigenvalue weighted by Crippen LogP contribution is 2.39. The van der Waals surface area contributed by atoms with Crippen LogP contribution in [0.5, 0.6) is 5.75 Å². The maximum absolute atomic E-state index is 12.8. The lowest BCUT2D eigenvalue weighted by molar-refractivity contribution is -0.0487. The molecule has 2 atom stereocenters. The first kappa shape index (κ1) is 23.0. The lowest BCUT2D eigenvalue weighted by Crippen LogP contribution is -2.67. The fraction of sp³-hybridized carbons (Fsp3) is 0.524. The van der Waals surface area contributed by atoms with Crippen molar-refractivity contribution in [1.29, 1.82) is 0 Å². The predicted octanol–water partition coefficient (Wildman–Crippen LogP) is 5.78. The van der Waals surface area contributed by atoms with Crippen molar-refractivity contribution in [3.63, 3.8) is 0 Å². The summed E-state index contributed by atoms with van der Waals surface area (Å²) in [6, 6.07) is 12.3. The number of hydrogen-bond acceptors (Lipinski definition) is 3. The van der Waals surface area contributed by atoms with Crippen molar-refractivity contribution in [2.75, 3.05) is 11.4 Å². The molecule has 2 fully saturated rings. The zero-order valence-corrected chi connectivity index (χ0v) is 17.8. The van der Waals surface area contributed by atoms with Gasteiger partial charge in [-0.15, -0.1) is 24.8 Å². The van der Waals surface area contributed by atoms with E-state index in [1.54, 1.807) is 6.07 Å². The zero-order chi connectivity index (χ0) is 18.3. The van der Waals surface area contributed by atoms with E-state index in [1.165, 1.54) is 19.3 Å². The quantitative estimate of drug-likeness (QED) is 0.664. The number of benzene rings is 2. The molecule has 28 heavy (non-hydrogen) atoms. The maximum Gasteiger partial charge on any atom is 0.387 e. The van der Waals surface area contributed by atoms with Gasteiger partial charge in [-0.2, -0.15) is 8.78 Å². The van der Waals surface area contributed by atoms with Gasteiger partial charge in [0.1, 0.15) is 5.75 Å². The van der Waals surface area contributed by atoms with Gasteiger partial charge in [0.25, 0.3) is 0 Å². The van der Waals surface area contributed by atoms with E-state index in [2.05, 4.69) is 24.1 Å². The number of hydrogen-bond donors (Lipinski definition) is 1. The number of fused-ring (bicyclic) bond motifs is 2. The van der Waals surface area contributed by atoms with Crippen molar-refractivity contribution in [3.8, 4) is 5.75 Å². The summed E-state index contributed by atoms with van der Waals surface area (Å²) >= 11 is 0. The van der Waals surface area contributed by atoms with Gasteiger partial charge < -0.3 is 15.0 Å². The molecule has 1 heterocycles. The highest BCUT2D eigenvalue weighted by molar-refractivity contribution is 5.98. The normalized spacial score (nSPS) is 23.5. The van der Waals surface area contributed by atoms with Crippen LogP contribution in [0.3, 0.4) is 0 Å². The van der Waals surface area contributed by atoms with Gasteiger partial charge in [0.2, 0.25) is 0 Å². The predicted molar refractivity (Wildman–Crippen MR) is 116 cm³/mol. The Labute approximate surface area is 177 Å². The summed E-state index contributed by atoms with van der Waals surface area (Å²) in [4.78, 5) is 2.49. The molecule has 1 aliphatic carbocycles. The molecular formula is C21H28Cl2F2N2O. The van der Waals surface area contributed by atoms with E-state index in [9.17, 15) is 8.78 Å². The molecule has 4 rings (SSSR count). The minimum absolute atomic E-state index is 0. The fourth-order valence-corrected chi connectivity index (χ4v) is 4.71. The second kappa shape index (κ2) is 9.02. The van der Waals surface area contributed by atoms with Crippen LogP contribution in [-0.4, -0.2) is 30.8 Å². The Morgan fingerprint density at radius 2 is 1.71 bits per heavy atom. The molecule has 2 aromatic rings. The molecule has 0 radical (unpaired) electrons. The molecule has 156 valence electrons. The lowest BCUT2D eigenvalue weighted by atomic mass is 9.83. The highest BCUT2D eigenvalue weighted by atomic mass is 35.5. The van der Waals surface area contributed by atoms with E-state index in [4.69, 9.17) is 4.74 Å². The molecule has 7 heteroatoms. The van der Waals surface area contributed by atoms with Crippen molar-refractivity contribution < 1.29 is 13.5 Å². The third-order valence-electron chi connectivity index (χ3n) is 5.66. The molecule has 2 aliphatic rings. The number of rotatable bonds is 3. The molecule has 2 aromatic carbocycles. The summed E-state index contributed by atoms with van der Waals surface area (Å²) in [5.41, 5.74) is 1.13. The first-order valence-electron chi connectivity index (χ1n) is 9.45. The lowest BCUT2D eigenvalue weighted by Gasteiger charge is -2.52. The van der Waals surface area contributed by atoms with E-state index < -0.39 is 6.61 Å². The van der Waals surface area contributed by atoms with Gasteiger partial charge in [-0.3, -0.25) is 0 Å². The molecule has 0 bridgehead atoms. The minimum atomic E-state index is -2.81. The Bertz CT molecular complexity index is 803. The van der Waals surface area contributed by atoms with Crippen molar-refractivity contribution >= 4 is 41.3 Å². The van der Waals surface area contributed by atoms with E-state index >= 15 is 0 Å². The molecule has 0 aromatic heterocycles. The average Bonchev–Trinajstić information content (AvgIpc) is 2.60. The Kier molecular flexibility index (Phi) is 7.40.